The van der Waals surface area contributed by atoms with E-state index in [1.807, 2.05) is 12.1 Å². The molecule has 0 saturated heterocycles. The highest BCUT2D eigenvalue weighted by molar-refractivity contribution is 5.81. The highest BCUT2D eigenvalue weighted by Crippen LogP contribution is 2.48. The fourth-order valence-corrected chi connectivity index (χ4v) is 4.95. The summed E-state index contributed by atoms with van der Waals surface area (Å²) in [7, 11) is 1.70. The van der Waals surface area contributed by atoms with Gasteiger partial charge in [0.05, 0.1) is 19.1 Å². The second-order valence-electron chi connectivity index (χ2n) is 7.06. The van der Waals surface area contributed by atoms with Crippen molar-refractivity contribution in [3.05, 3.63) is 29.3 Å². The first-order valence-corrected chi connectivity index (χ1v) is 8.40. The molecule has 2 fully saturated rings. The smallest absolute Gasteiger partial charge is 0.225 e. The Hall–Kier alpha value is -1.55. The van der Waals surface area contributed by atoms with Crippen molar-refractivity contribution < 1.29 is 9.53 Å². The van der Waals surface area contributed by atoms with E-state index in [0.29, 0.717) is 11.8 Å². The predicted molar refractivity (Wildman–Crippen MR) is 84.5 cm³/mol. The van der Waals surface area contributed by atoms with Crippen LogP contribution in [0, 0.1) is 17.8 Å². The molecular formula is C18H24N2O2. The van der Waals surface area contributed by atoms with Crippen LogP contribution in [0.2, 0.25) is 0 Å². The SMILES string of the molecule is COc1cccc2c1CCC2NC(=O)C1C2CCC(C2)C1N. The van der Waals surface area contributed by atoms with Gasteiger partial charge in [0.1, 0.15) is 5.75 Å². The fourth-order valence-electron chi connectivity index (χ4n) is 4.95. The second-order valence-corrected chi connectivity index (χ2v) is 7.06. The van der Waals surface area contributed by atoms with Crippen LogP contribution in [-0.4, -0.2) is 19.1 Å². The molecule has 4 nitrogen and oxygen atoms in total. The third-order valence-corrected chi connectivity index (χ3v) is 6.05. The minimum atomic E-state index is 0.0217. The van der Waals surface area contributed by atoms with Gasteiger partial charge in [-0.15, -0.1) is 0 Å². The number of amides is 1. The molecule has 0 spiro atoms. The Kier molecular flexibility index (Phi) is 3.37. The lowest BCUT2D eigenvalue weighted by atomic mass is 9.84. The first-order chi connectivity index (χ1) is 10.7. The summed E-state index contributed by atoms with van der Waals surface area (Å²) >= 11 is 0. The van der Waals surface area contributed by atoms with Gasteiger partial charge in [-0.25, -0.2) is 0 Å². The van der Waals surface area contributed by atoms with Crippen molar-refractivity contribution >= 4 is 5.91 Å². The Morgan fingerprint density at radius 1 is 1.27 bits per heavy atom. The van der Waals surface area contributed by atoms with Gasteiger partial charge < -0.3 is 15.8 Å². The van der Waals surface area contributed by atoms with Gasteiger partial charge in [0, 0.05) is 6.04 Å². The largest absolute Gasteiger partial charge is 0.496 e. The molecule has 0 heterocycles. The van der Waals surface area contributed by atoms with Crippen molar-refractivity contribution in [3.63, 3.8) is 0 Å². The van der Waals surface area contributed by atoms with Gasteiger partial charge in [-0.05, 0) is 61.1 Å². The molecule has 4 heteroatoms. The molecule has 4 rings (SSSR count). The van der Waals surface area contributed by atoms with Crippen LogP contribution in [-0.2, 0) is 11.2 Å². The number of rotatable bonds is 3. The van der Waals surface area contributed by atoms with Gasteiger partial charge in [-0.1, -0.05) is 12.1 Å². The normalized spacial score (nSPS) is 35.5. The lowest BCUT2D eigenvalue weighted by Crippen LogP contribution is -2.45. The zero-order valence-corrected chi connectivity index (χ0v) is 13.0. The lowest BCUT2D eigenvalue weighted by molar-refractivity contribution is -0.127. The molecular weight excluding hydrogens is 276 g/mol. The maximum absolute atomic E-state index is 12.7. The van der Waals surface area contributed by atoms with Crippen LogP contribution in [0.25, 0.3) is 0 Å². The van der Waals surface area contributed by atoms with Crippen molar-refractivity contribution in [3.8, 4) is 5.75 Å². The number of fused-ring (bicyclic) bond motifs is 3. The average Bonchev–Trinajstić information content (AvgIpc) is 3.21. The van der Waals surface area contributed by atoms with Crippen LogP contribution in [0.3, 0.4) is 0 Å². The summed E-state index contributed by atoms with van der Waals surface area (Å²) < 4.78 is 5.43. The number of carbonyl (C=O) groups is 1. The molecule has 3 aliphatic rings. The summed E-state index contributed by atoms with van der Waals surface area (Å²) in [6, 6.07) is 6.28. The zero-order chi connectivity index (χ0) is 15.3. The first kappa shape index (κ1) is 14.1. The third kappa shape index (κ3) is 2.04. The molecule has 1 aromatic carbocycles. The van der Waals surface area contributed by atoms with E-state index in [-0.39, 0.29) is 23.9 Å². The Morgan fingerprint density at radius 2 is 2.09 bits per heavy atom. The summed E-state index contributed by atoms with van der Waals surface area (Å²) in [4.78, 5) is 12.7. The molecule has 3 aliphatic carbocycles. The maximum atomic E-state index is 12.7. The lowest BCUT2D eigenvalue weighted by Gasteiger charge is -2.28. The highest BCUT2D eigenvalue weighted by atomic mass is 16.5. The number of nitrogens with one attached hydrogen (secondary N) is 1. The topological polar surface area (TPSA) is 64.3 Å². The van der Waals surface area contributed by atoms with E-state index < -0.39 is 0 Å². The van der Waals surface area contributed by atoms with Crippen LogP contribution in [0.1, 0.15) is 42.9 Å². The highest BCUT2D eigenvalue weighted by Gasteiger charge is 2.49. The van der Waals surface area contributed by atoms with Crippen molar-refractivity contribution in [1.29, 1.82) is 0 Å². The number of ether oxygens (including phenoxy) is 1. The van der Waals surface area contributed by atoms with E-state index in [1.54, 1.807) is 7.11 Å². The molecule has 0 radical (unpaired) electrons. The van der Waals surface area contributed by atoms with Gasteiger partial charge in [-0.3, -0.25) is 4.79 Å². The summed E-state index contributed by atoms with van der Waals surface area (Å²) in [5, 5.41) is 3.27. The number of hydrogen-bond acceptors (Lipinski definition) is 3. The third-order valence-electron chi connectivity index (χ3n) is 6.05. The number of nitrogens with two attached hydrogens (primary N) is 1. The quantitative estimate of drug-likeness (QED) is 0.899. The molecule has 2 saturated carbocycles. The van der Waals surface area contributed by atoms with Gasteiger partial charge in [0.25, 0.3) is 0 Å². The van der Waals surface area contributed by atoms with Crippen LogP contribution < -0.4 is 15.8 Å². The molecule has 1 amide bonds. The van der Waals surface area contributed by atoms with Crippen LogP contribution >= 0.6 is 0 Å². The van der Waals surface area contributed by atoms with E-state index >= 15 is 0 Å². The first-order valence-electron chi connectivity index (χ1n) is 8.40. The number of methoxy groups -OCH3 is 1. The molecule has 118 valence electrons. The molecule has 1 aromatic rings. The summed E-state index contributed by atoms with van der Waals surface area (Å²) in [5.74, 6) is 2.20. The Balaban J connectivity index is 1.51. The monoisotopic (exact) mass is 300 g/mol. The van der Waals surface area contributed by atoms with E-state index in [9.17, 15) is 4.79 Å². The summed E-state index contributed by atoms with van der Waals surface area (Å²) in [6.07, 6.45) is 5.45. The van der Waals surface area contributed by atoms with E-state index in [4.69, 9.17) is 10.5 Å². The average molecular weight is 300 g/mol. The van der Waals surface area contributed by atoms with Crippen molar-refractivity contribution in [2.75, 3.05) is 7.11 Å². The Morgan fingerprint density at radius 3 is 2.82 bits per heavy atom. The van der Waals surface area contributed by atoms with Crippen LogP contribution in [0.5, 0.6) is 5.75 Å². The molecule has 22 heavy (non-hydrogen) atoms. The molecule has 5 unspecified atom stereocenters. The van der Waals surface area contributed by atoms with Crippen LogP contribution in [0.15, 0.2) is 18.2 Å². The fraction of sp³-hybridized carbons (Fsp3) is 0.611. The number of hydrogen-bond donors (Lipinski definition) is 2. The molecule has 0 aromatic heterocycles. The van der Waals surface area contributed by atoms with Gasteiger partial charge in [-0.2, -0.15) is 0 Å². The minimum Gasteiger partial charge on any atom is -0.496 e. The molecule has 2 bridgehead atoms. The maximum Gasteiger partial charge on any atom is 0.225 e. The molecule has 0 aliphatic heterocycles. The predicted octanol–water partition coefficient (Wildman–Crippen LogP) is 2.17. The zero-order valence-electron chi connectivity index (χ0n) is 13.0. The van der Waals surface area contributed by atoms with Gasteiger partial charge in [0.2, 0.25) is 5.91 Å². The van der Waals surface area contributed by atoms with Gasteiger partial charge in [0.15, 0.2) is 0 Å². The molecule has 5 atom stereocenters. The number of carbonyl (C=O) groups excluding carboxylic acids is 1. The van der Waals surface area contributed by atoms with Crippen LogP contribution in [0.4, 0.5) is 0 Å². The Labute approximate surface area is 131 Å². The van der Waals surface area contributed by atoms with E-state index in [2.05, 4.69) is 11.4 Å². The van der Waals surface area contributed by atoms with Crippen molar-refractivity contribution in [1.82, 2.24) is 5.32 Å². The van der Waals surface area contributed by atoms with E-state index in [1.165, 1.54) is 24.0 Å². The molecule has 3 N–H and O–H groups in total. The van der Waals surface area contributed by atoms with Crippen molar-refractivity contribution in [2.24, 2.45) is 23.5 Å². The summed E-state index contributed by atoms with van der Waals surface area (Å²) in [5.41, 5.74) is 8.75. The van der Waals surface area contributed by atoms with E-state index in [0.717, 1.165) is 25.0 Å². The van der Waals surface area contributed by atoms with Gasteiger partial charge >= 0.3 is 0 Å². The minimum absolute atomic E-state index is 0.0217. The van der Waals surface area contributed by atoms with Crippen molar-refractivity contribution in [2.45, 2.75) is 44.2 Å². The Bertz CT molecular complexity index is 599. The number of benzene rings is 1. The standard InChI is InChI=1S/C18H24N2O2/c1-22-15-4-2-3-12-13(15)7-8-14(12)20-18(21)16-10-5-6-11(9-10)17(16)19/h2-4,10-11,14,16-17H,5-9,19H2,1H3,(H,20,21). The summed E-state index contributed by atoms with van der Waals surface area (Å²) in [6.45, 7) is 0. The second kappa shape index (κ2) is 5.27.